The standard InChI is InChI=1S/C14H18N2O2/c1-11(2)16-8-7-13(15-16)10-18-14-5-3-12(9-17)4-6-14/h3-8,11,17H,9-10H2,1-2H3. The van der Waals surface area contributed by atoms with Crippen molar-refractivity contribution >= 4 is 0 Å². The Morgan fingerprint density at radius 2 is 1.94 bits per heavy atom. The van der Waals surface area contributed by atoms with Crippen molar-refractivity contribution in [2.24, 2.45) is 0 Å². The van der Waals surface area contributed by atoms with Crippen LogP contribution in [0.5, 0.6) is 5.75 Å². The Labute approximate surface area is 107 Å². The minimum absolute atomic E-state index is 0.0546. The molecule has 0 aliphatic carbocycles. The molecule has 1 aromatic carbocycles. The molecule has 0 aliphatic heterocycles. The van der Waals surface area contributed by atoms with Gasteiger partial charge in [-0.05, 0) is 37.6 Å². The van der Waals surface area contributed by atoms with Crippen molar-refractivity contribution in [1.29, 1.82) is 0 Å². The molecule has 2 rings (SSSR count). The number of aromatic nitrogens is 2. The average Bonchev–Trinajstić information content (AvgIpc) is 2.86. The van der Waals surface area contributed by atoms with Crippen LogP contribution in [0.2, 0.25) is 0 Å². The summed E-state index contributed by atoms with van der Waals surface area (Å²) in [6, 6.07) is 9.73. The summed E-state index contributed by atoms with van der Waals surface area (Å²) >= 11 is 0. The fraction of sp³-hybridized carbons (Fsp3) is 0.357. The number of rotatable bonds is 5. The highest BCUT2D eigenvalue weighted by atomic mass is 16.5. The molecule has 0 fully saturated rings. The zero-order valence-electron chi connectivity index (χ0n) is 10.7. The Bertz CT molecular complexity index is 489. The van der Waals surface area contributed by atoms with Gasteiger partial charge in [-0.1, -0.05) is 12.1 Å². The maximum absolute atomic E-state index is 8.94. The summed E-state index contributed by atoms with van der Waals surface area (Å²) < 4.78 is 7.54. The van der Waals surface area contributed by atoms with Crippen LogP contribution in [-0.2, 0) is 13.2 Å². The van der Waals surface area contributed by atoms with Gasteiger partial charge in [0.2, 0.25) is 0 Å². The average molecular weight is 246 g/mol. The second kappa shape index (κ2) is 5.69. The van der Waals surface area contributed by atoms with Gasteiger partial charge >= 0.3 is 0 Å². The highest BCUT2D eigenvalue weighted by Crippen LogP contribution is 2.14. The predicted molar refractivity (Wildman–Crippen MR) is 69.3 cm³/mol. The second-order valence-corrected chi connectivity index (χ2v) is 4.47. The van der Waals surface area contributed by atoms with Crippen LogP contribution in [0, 0.1) is 0 Å². The lowest BCUT2D eigenvalue weighted by atomic mass is 10.2. The highest BCUT2D eigenvalue weighted by Gasteiger charge is 2.02. The van der Waals surface area contributed by atoms with Gasteiger partial charge in [0.05, 0.1) is 12.3 Å². The van der Waals surface area contributed by atoms with Crippen molar-refractivity contribution in [1.82, 2.24) is 9.78 Å². The van der Waals surface area contributed by atoms with E-state index >= 15 is 0 Å². The van der Waals surface area contributed by atoms with Gasteiger partial charge in [-0.15, -0.1) is 0 Å². The molecule has 0 atom stereocenters. The van der Waals surface area contributed by atoms with E-state index < -0.39 is 0 Å². The first-order chi connectivity index (χ1) is 8.69. The molecule has 0 spiro atoms. The Kier molecular flexibility index (Phi) is 3.99. The number of nitrogens with zero attached hydrogens (tertiary/aromatic N) is 2. The predicted octanol–water partition coefficient (Wildman–Crippen LogP) is 2.54. The lowest BCUT2D eigenvalue weighted by Gasteiger charge is -2.06. The molecule has 0 unspecified atom stereocenters. The molecule has 96 valence electrons. The van der Waals surface area contributed by atoms with Crippen LogP contribution in [0.1, 0.15) is 31.1 Å². The van der Waals surface area contributed by atoms with E-state index in [1.807, 2.05) is 41.2 Å². The Hall–Kier alpha value is -1.81. The lowest BCUT2D eigenvalue weighted by molar-refractivity contribution is 0.280. The van der Waals surface area contributed by atoms with Crippen LogP contribution in [-0.4, -0.2) is 14.9 Å². The van der Waals surface area contributed by atoms with Crippen molar-refractivity contribution in [3.63, 3.8) is 0 Å². The van der Waals surface area contributed by atoms with Gasteiger partial charge in [0.15, 0.2) is 0 Å². The first-order valence-corrected chi connectivity index (χ1v) is 6.05. The largest absolute Gasteiger partial charge is 0.487 e. The zero-order valence-corrected chi connectivity index (χ0v) is 10.7. The van der Waals surface area contributed by atoms with Gasteiger partial charge in [-0.3, -0.25) is 4.68 Å². The van der Waals surface area contributed by atoms with Gasteiger partial charge in [-0.2, -0.15) is 5.10 Å². The minimum atomic E-state index is 0.0546. The third kappa shape index (κ3) is 3.11. The molecule has 0 saturated carbocycles. The second-order valence-electron chi connectivity index (χ2n) is 4.47. The van der Waals surface area contributed by atoms with Gasteiger partial charge in [0.25, 0.3) is 0 Å². The van der Waals surface area contributed by atoms with Crippen LogP contribution < -0.4 is 4.74 Å². The number of ether oxygens (including phenoxy) is 1. The summed E-state index contributed by atoms with van der Waals surface area (Å²) in [6.07, 6.45) is 1.96. The molecule has 0 saturated heterocycles. The Balaban J connectivity index is 1.93. The van der Waals surface area contributed by atoms with Crippen molar-refractivity contribution in [3.8, 4) is 5.75 Å². The van der Waals surface area contributed by atoms with E-state index in [0.29, 0.717) is 12.6 Å². The molecule has 0 radical (unpaired) electrons. The van der Waals surface area contributed by atoms with E-state index in [1.165, 1.54) is 0 Å². The van der Waals surface area contributed by atoms with E-state index in [0.717, 1.165) is 17.0 Å². The van der Waals surface area contributed by atoms with Crippen LogP contribution in [0.4, 0.5) is 0 Å². The zero-order chi connectivity index (χ0) is 13.0. The topological polar surface area (TPSA) is 47.3 Å². The van der Waals surface area contributed by atoms with E-state index in [9.17, 15) is 0 Å². The molecule has 4 nitrogen and oxygen atoms in total. The van der Waals surface area contributed by atoms with Crippen LogP contribution in [0.3, 0.4) is 0 Å². The van der Waals surface area contributed by atoms with Crippen molar-refractivity contribution in [3.05, 3.63) is 47.8 Å². The molecule has 18 heavy (non-hydrogen) atoms. The minimum Gasteiger partial charge on any atom is -0.487 e. The van der Waals surface area contributed by atoms with Crippen LogP contribution in [0.15, 0.2) is 36.5 Å². The third-order valence-electron chi connectivity index (χ3n) is 2.69. The first kappa shape index (κ1) is 12.6. The fourth-order valence-corrected chi connectivity index (χ4v) is 1.59. The normalized spacial score (nSPS) is 10.9. The van der Waals surface area contributed by atoms with Gasteiger partial charge < -0.3 is 9.84 Å². The molecular formula is C14H18N2O2. The third-order valence-corrected chi connectivity index (χ3v) is 2.69. The summed E-state index contributed by atoms with van der Waals surface area (Å²) in [5.74, 6) is 0.784. The molecule has 1 N–H and O–H groups in total. The highest BCUT2D eigenvalue weighted by molar-refractivity contribution is 5.26. The van der Waals surface area contributed by atoms with E-state index in [2.05, 4.69) is 18.9 Å². The Morgan fingerprint density at radius 3 is 2.50 bits per heavy atom. The van der Waals surface area contributed by atoms with Crippen molar-refractivity contribution in [2.75, 3.05) is 0 Å². The van der Waals surface area contributed by atoms with Gasteiger partial charge in [0.1, 0.15) is 12.4 Å². The molecule has 0 bridgehead atoms. The SMILES string of the molecule is CC(C)n1ccc(COc2ccc(CO)cc2)n1. The van der Waals surface area contributed by atoms with Crippen molar-refractivity contribution < 1.29 is 9.84 Å². The quantitative estimate of drug-likeness (QED) is 0.882. The lowest BCUT2D eigenvalue weighted by Crippen LogP contribution is -2.03. The van der Waals surface area contributed by atoms with E-state index in [4.69, 9.17) is 9.84 Å². The van der Waals surface area contributed by atoms with Crippen molar-refractivity contribution in [2.45, 2.75) is 33.1 Å². The van der Waals surface area contributed by atoms with Crippen LogP contribution >= 0.6 is 0 Å². The molecule has 2 aromatic rings. The number of hydrogen-bond acceptors (Lipinski definition) is 3. The number of benzene rings is 1. The molecule has 0 amide bonds. The van der Waals surface area contributed by atoms with E-state index in [1.54, 1.807) is 0 Å². The number of aliphatic hydroxyl groups is 1. The number of hydrogen-bond donors (Lipinski definition) is 1. The first-order valence-electron chi connectivity index (χ1n) is 6.05. The summed E-state index contributed by atoms with van der Waals surface area (Å²) in [5.41, 5.74) is 1.79. The van der Waals surface area contributed by atoms with Crippen LogP contribution in [0.25, 0.3) is 0 Å². The molecule has 1 heterocycles. The number of aliphatic hydroxyl groups excluding tert-OH is 1. The van der Waals surface area contributed by atoms with E-state index in [-0.39, 0.29) is 6.61 Å². The maximum Gasteiger partial charge on any atom is 0.132 e. The monoisotopic (exact) mass is 246 g/mol. The van der Waals surface area contributed by atoms with Gasteiger partial charge in [-0.25, -0.2) is 0 Å². The Morgan fingerprint density at radius 1 is 1.22 bits per heavy atom. The summed E-state index contributed by atoms with van der Waals surface area (Å²) in [4.78, 5) is 0. The molecule has 4 heteroatoms. The molecular weight excluding hydrogens is 228 g/mol. The molecule has 0 aliphatic rings. The summed E-state index contributed by atoms with van der Waals surface area (Å²) in [7, 11) is 0. The smallest absolute Gasteiger partial charge is 0.132 e. The maximum atomic E-state index is 8.94. The van der Waals surface area contributed by atoms with Gasteiger partial charge in [0, 0.05) is 12.2 Å². The summed E-state index contributed by atoms with van der Waals surface area (Å²) in [5, 5.41) is 13.3. The fourth-order valence-electron chi connectivity index (χ4n) is 1.59. The molecule has 1 aromatic heterocycles. The summed E-state index contributed by atoms with van der Waals surface area (Å²) in [6.45, 7) is 4.69.